The summed E-state index contributed by atoms with van der Waals surface area (Å²) in [4.78, 5) is 15.5. The first-order chi connectivity index (χ1) is 8.77. The van der Waals surface area contributed by atoms with Gasteiger partial charge in [0.25, 0.3) is 5.91 Å². The van der Waals surface area contributed by atoms with Crippen molar-refractivity contribution in [2.75, 3.05) is 6.54 Å². The van der Waals surface area contributed by atoms with Crippen LogP contribution in [0.5, 0.6) is 5.75 Å². The predicted octanol–water partition coefficient (Wildman–Crippen LogP) is 0.804. The first-order valence-corrected chi connectivity index (χ1v) is 5.67. The third-order valence-corrected chi connectivity index (χ3v) is 2.41. The zero-order valence-corrected chi connectivity index (χ0v) is 9.78. The van der Waals surface area contributed by atoms with Crippen molar-refractivity contribution in [3.05, 3.63) is 42.5 Å². The Labute approximate surface area is 104 Å². The van der Waals surface area contributed by atoms with Crippen LogP contribution in [0.4, 0.5) is 0 Å². The van der Waals surface area contributed by atoms with Crippen molar-refractivity contribution in [2.45, 2.75) is 13.0 Å². The van der Waals surface area contributed by atoms with Crippen molar-refractivity contribution in [3.8, 4) is 5.75 Å². The molecule has 0 aliphatic carbocycles. The largest absolute Gasteiger partial charge is 0.505 e. The number of aromatic nitrogens is 3. The van der Waals surface area contributed by atoms with Crippen molar-refractivity contribution in [3.63, 3.8) is 0 Å². The van der Waals surface area contributed by atoms with Gasteiger partial charge >= 0.3 is 0 Å². The number of hydrogen-bond acceptors (Lipinski definition) is 4. The SMILES string of the molecule is O=C(NCCCn1cccn1)c1ncccc1O. The van der Waals surface area contributed by atoms with E-state index < -0.39 is 0 Å². The number of aromatic hydroxyl groups is 1. The molecular weight excluding hydrogens is 232 g/mol. The number of rotatable bonds is 5. The van der Waals surface area contributed by atoms with E-state index in [2.05, 4.69) is 15.4 Å². The summed E-state index contributed by atoms with van der Waals surface area (Å²) in [6.45, 7) is 1.25. The molecule has 18 heavy (non-hydrogen) atoms. The molecule has 0 bridgehead atoms. The van der Waals surface area contributed by atoms with E-state index in [9.17, 15) is 9.90 Å². The average molecular weight is 246 g/mol. The minimum Gasteiger partial charge on any atom is -0.505 e. The molecule has 2 rings (SSSR count). The fraction of sp³-hybridized carbons (Fsp3) is 0.250. The molecule has 0 saturated heterocycles. The molecule has 0 fully saturated rings. The molecule has 0 radical (unpaired) electrons. The Balaban J connectivity index is 1.77. The Bertz CT molecular complexity index is 511. The van der Waals surface area contributed by atoms with Crippen LogP contribution in [0.25, 0.3) is 0 Å². The van der Waals surface area contributed by atoms with Gasteiger partial charge in [0.1, 0.15) is 5.75 Å². The van der Waals surface area contributed by atoms with Crippen molar-refractivity contribution in [2.24, 2.45) is 0 Å². The van der Waals surface area contributed by atoms with Crippen LogP contribution in [0, 0.1) is 0 Å². The molecule has 0 unspecified atom stereocenters. The number of amides is 1. The molecule has 2 heterocycles. The smallest absolute Gasteiger partial charge is 0.273 e. The van der Waals surface area contributed by atoms with Crippen LogP contribution in [0.3, 0.4) is 0 Å². The highest BCUT2D eigenvalue weighted by atomic mass is 16.3. The summed E-state index contributed by atoms with van der Waals surface area (Å²) in [5.41, 5.74) is 0.0524. The zero-order valence-electron chi connectivity index (χ0n) is 9.78. The lowest BCUT2D eigenvalue weighted by atomic mass is 10.3. The van der Waals surface area contributed by atoms with Crippen LogP contribution >= 0.6 is 0 Å². The number of nitrogens with zero attached hydrogens (tertiary/aromatic N) is 3. The van der Waals surface area contributed by atoms with E-state index >= 15 is 0 Å². The fourth-order valence-electron chi connectivity index (χ4n) is 1.53. The Morgan fingerprint density at radius 3 is 3.00 bits per heavy atom. The zero-order chi connectivity index (χ0) is 12.8. The van der Waals surface area contributed by atoms with Crippen LogP contribution in [0.2, 0.25) is 0 Å². The maximum atomic E-state index is 11.7. The van der Waals surface area contributed by atoms with Crippen LogP contribution < -0.4 is 5.32 Å². The van der Waals surface area contributed by atoms with E-state index in [-0.39, 0.29) is 17.4 Å². The van der Waals surface area contributed by atoms with E-state index in [1.54, 1.807) is 16.9 Å². The fourth-order valence-corrected chi connectivity index (χ4v) is 1.53. The van der Waals surface area contributed by atoms with Crippen molar-refractivity contribution < 1.29 is 9.90 Å². The lowest BCUT2D eigenvalue weighted by molar-refractivity contribution is 0.0944. The van der Waals surface area contributed by atoms with Gasteiger partial charge in [0.15, 0.2) is 5.69 Å². The second-order valence-electron chi connectivity index (χ2n) is 3.75. The second-order valence-corrected chi connectivity index (χ2v) is 3.75. The highest BCUT2D eigenvalue weighted by Gasteiger charge is 2.10. The van der Waals surface area contributed by atoms with E-state index in [4.69, 9.17) is 0 Å². The quantitative estimate of drug-likeness (QED) is 0.765. The molecule has 0 saturated carbocycles. The monoisotopic (exact) mass is 246 g/mol. The number of carbonyl (C=O) groups is 1. The molecule has 2 aromatic heterocycles. The lowest BCUT2D eigenvalue weighted by Gasteiger charge is -2.05. The molecule has 2 aromatic rings. The van der Waals surface area contributed by atoms with E-state index in [0.29, 0.717) is 6.54 Å². The maximum Gasteiger partial charge on any atom is 0.273 e. The van der Waals surface area contributed by atoms with Gasteiger partial charge in [-0.25, -0.2) is 4.98 Å². The topological polar surface area (TPSA) is 80.0 Å². The normalized spacial score (nSPS) is 10.2. The summed E-state index contributed by atoms with van der Waals surface area (Å²) in [5.74, 6) is -0.476. The highest BCUT2D eigenvalue weighted by molar-refractivity contribution is 5.94. The number of aryl methyl sites for hydroxylation is 1. The van der Waals surface area contributed by atoms with E-state index in [1.165, 1.54) is 12.3 Å². The van der Waals surface area contributed by atoms with Gasteiger partial charge in [-0.3, -0.25) is 9.48 Å². The lowest BCUT2D eigenvalue weighted by Crippen LogP contribution is -2.26. The van der Waals surface area contributed by atoms with E-state index in [0.717, 1.165) is 13.0 Å². The summed E-state index contributed by atoms with van der Waals surface area (Å²) < 4.78 is 1.80. The third kappa shape index (κ3) is 3.07. The van der Waals surface area contributed by atoms with Gasteiger partial charge in [0.2, 0.25) is 0 Å². The molecule has 0 aromatic carbocycles. The maximum absolute atomic E-state index is 11.7. The van der Waals surface area contributed by atoms with Crippen molar-refractivity contribution >= 4 is 5.91 Å². The summed E-state index contributed by atoms with van der Waals surface area (Å²) in [5, 5.41) is 16.2. The Hall–Kier alpha value is -2.37. The highest BCUT2D eigenvalue weighted by Crippen LogP contribution is 2.11. The van der Waals surface area contributed by atoms with Gasteiger partial charge in [0, 0.05) is 31.7 Å². The van der Waals surface area contributed by atoms with Gasteiger partial charge in [0.05, 0.1) is 0 Å². The second kappa shape index (κ2) is 5.81. The number of nitrogens with one attached hydrogen (secondary N) is 1. The van der Waals surface area contributed by atoms with Gasteiger partial charge in [-0.2, -0.15) is 5.10 Å². The Morgan fingerprint density at radius 1 is 1.39 bits per heavy atom. The Kier molecular flexibility index (Phi) is 3.90. The van der Waals surface area contributed by atoms with E-state index in [1.807, 2.05) is 12.3 Å². The summed E-state index contributed by atoms with van der Waals surface area (Å²) in [6.07, 6.45) is 5.82. The minimum atomic E-state index is -0.367. The van der Waals surface area contributed by atoms with Gasteiger partial charge < -0.3 is 10.4 Å². The predicted molar refractivity (Wildman–Crippen MR) is 65.1 cm³/mol. The van der Waals surface area contributed by atoms with Crippen LogP contribution in [-0.2, 0) is 6.54 Å². The molecule has 2 N–H and O–H groups in total. The molecular formula is C12H14N4O2. The molecule has 1 amide bonds. The van der Waals surface area contributed by atoms with Crippen molar-refractivity contribution in [1.82, 2.24) is 20.1 Å². The van der Waals surface area contributed by atoms with Crippen LogP contribution in [0.1, 0.15) is 16.9 Å². The number of pyridine rings is 1. The first-order valence-electron chi connectivity index (χ1n) is 5.67. The van der Waals surface area contributed by atoms with Crippen molar-refractivity contribution in [1.29, 1.82) is 0 Å². The standard InChI is InChI=1S/C12H14N4O2/c17-10-4-1-5-13-11(10)12(18)14-6-2-8-16-9-3-7-15-16/h1,3-5,7,9,17H,2,6,8H2,(H,14,18). The molecule has 6 heteroatoms. The molecule has 0 spiro atoms. The summed E-state index contributed by atoms with van der Waals surface area (Å²) in [7, 11) is 0. The van der Waals surface area contributed by atoms with Gasteiger partial charge in [-0.1, -0.05) is 0 Å². The average Bonchev–Trinajstić information content (AvgIpc) is 2.88. The van der Waals surface area contributed by atoms with Crippen LogP contribution in [-0.4, -0.2) is 32.3 Å². The number of hydrogen-bond donors (Lipinski definition) is 2. The third-order valence-electron chi connectivity index (χ3n) is 2.41. The molecule has 94 valence electrons. The summed E-state index contributed by atoms with van der Waals surface area (Å²) in [6, 6.07) is 4.86. The number of carbonyl (C=O) groups excluding carboxylic acids is 1. The first kappa shape index (κ1) is 12.1. The Morgan fingerprint density at radius 2 is 2.28 bits per heavy atom. The molecule has 0 aliphatic rings. The summed E-state index contributed by atoms with van der Waals surface area (Å²) >= 11 is 0. The molecule has 0 aliphatic heterocycles. The van der Waals surface area contributed by atoms with Gasteiger partial charge in [-0.05, 0) is 24.6 Å². The van der Waals surface area contributed by atoms with Crippen LogP contribution in [0.15, 0.2) is 36.8 Å². The molecule has 0 atom stereocenters. The van der Waals surface area contributed by atoms with Gasteiger partial charge in [-0.15, -0.1) is 0 Å². The minimum absolute atomic E-state index is 0.0524. The molecule has 6 nitrogen and oxygen atoms in total.